The summed E-state index contributed by atoms with van der Waals surface area (Å²) in [7, 11) is 1.47. The summed E-state index contributed by atoms with van der Waals surface area (Å²) in [4.78, 5) is 6.97. The zero-order valence-corrected chi connectivity index (χ0v) is 10.9. The van der Waals surface area contributed by atoms with E-state index in [4.69, 9.17) is 10.5 Å². The van der Waals surface area contributed by atoms with Gasteiger partial charge in [-0.15, -0.1) is 0 Å². The molecule has 2 aromatic carbocycles. The van der Waals surface area contributed by atoms with E-state index in [1.54, 1.807) is 18.2 Å². The van der Waals surface area contributed by atoms with Crippen molar-refractivity contribution in [3.63, 3.8) is 0 Å². The van der Waals surface area contributed by atoms with Crippen LogP contribution in [0.5, 0.6) is 11.5 Å². The van der Waals surface area contributed by atoms with Crippen LogP contribution in [0.25, 0.3) is 0 Å². The lowest BCUT2D eigenvalue weighted by molar-refractivity contribution is -0.00687. The van der Waals surface area contributed by atoms with Crippen molar-refractivity contribution >= 4 is 17.6 Å². The molecular formula is C14H11F3N2O2. The van der Waals surface area contributed by atoms with Gasteiger partial charge in [-0.25, -0.2) is 13.8 Å². The van der Waals surface area contributed by atoms with Gasteiger partial charge in [-0.2, -0.15) is 0 Å². The first-order valence-electron chi connectivity index (χ1n) is 5.80. The third-order valence-electron chi connectivity index (χ3n) is 2.71. The van der Waals surface area contributed by atoms with Crippen LogP contribution >= 0.6 is 0 Å². The van der Waals surface area contributed by atoms with E-state index in [9.17, 15) is 13.3 Å². The number of aliphatic imine (C=N–C) groups is 1. The molecule has 0 atom stereocenters. The summed E-state index contributed by atoms with van der Waals surface area (Å²) in [5, 5.41) is 0. The van der Waals surface area contributed by atoms with E-state index in [0.717, 1.165) is 0 Å². The molecule has 0 amide bonds. The second kappa shape index (κ2) is 6.17. The Kier molecular flexibility index (Phi) is 4.32. The summed E-state index contributed by atoms with van der Waals surface area (Å²) in [5.41, 5.74) is 5.95. The Labute approximate surface area is 118 Å². The van der Waals surface area contributed by atoms with E-state index in [2.05, 4.69) is 9.93 Å². The number of rotatable bonds is 4. The molecule has 2 N–H and O–H groups in total. The number of nitrogens with two attached hydrogens (primary N) is 1. The number of hydrogen-bond donors (Lipinski definition) is 1. The topological polar surface area (TPSA) is 56.8 Å². The summed E-state index contributed by atoms with van der Waals surface area (Å²) in [6.07, 6.45) is 1.19. The fourth-order valence-corrected chi connectivity index (χ4v) is 1.64. The van der Waals surface area contributed by atoms with Crippen molar-refractivity contribution in [2.24, 2.45) is 4.99 Å². The van der Waals surface area contributed by atoms with Gasteiger partial charge in [-0.3, -0.25) is 4.94 Å². The van der Waals surface area contributed by atoms with Gasteiger partial charge in [-0.1, -0.05) is 0 Å². The maximum absolute atomic E-state index is 13.6. The quantitative estimate of drug-likeness (QED) is 0.693. The van der Waals surface area contributed by atoms with Crippen LogP contribution in [-0.4, -0.2) is 13.3 Å². The van der Waals surface area contributed by atoms with Crippen LogP contribution in [0.1, 0.15) is 5.56 Å². The zero-order valence-electron chi connectivity index (χ0n) is 10.9. The first-order chi connectivity index (χ1) is 10.0. The predicted octanol–water partition coefficient (Wildman–Crippen LogP) is 3.57. The average molecular weight is 296 g/mol. The Balaban J connectivity index is 2.38. The van der Waals surface area contributed by atoms with Gasteiger partial charge in [0.2, 0.25) is 0 Å². The Morgan fingerprint density at radius 2 is 1.76 bits per heavy atom. The number of methoxy groups -OCH3 is 1. The molecule has 0 radical (unpaired) electrons. The van der Waals surface area contributed by atoms with Gasteiger partial charge in [0, 0.05) is 34.1 Å². The summed E-state index contributed by atoms with van der Waals surface area (Å²) in [6, 6.07) is 6.15. The van der Waals surface area contributed by atoms with Gasteiger partial charge in [0.1, 0.15) is 11.4 Å². The van der Waals surface area contributed by atoms with Crippen LogP contribution < -0.4 is 15.4 Å². The highest BCUT2D eigenvalue weighted by Gasteiger charge is 2.11. The predicted molar refractivity (Wildman–Crippen MR) is 72.8 cm³/mol. The first-order valence-corrected chi connectivity index (χ1v) is 5.80. The van der Waals surface area contributed by atoms with Crippen LogP contribution in [0.3, 0.4) is 0 Å². The van der Waals surface area contributed by atoms with Gasteiger partial charge < -0.3 is 10.5 Å². The molecule has 0 saturated heterocycles. The number of halogens is 3. The highest BCUT2D eigenvalue weighted by Crippen LogP contribution is 2.28. The van der Waals surface area contributed by atoms with E-state index in [0.29, 0.717) is 29.1 Å². The van der Waals surface area contributed by atoms with Gasteiger partial charge in [0.15, 0.2) is 17.4 Å². The van der Waals surface area contributed by atoms with Crippen molar-refractivity contribution in [1.82, 2.24) is 0 Å². The molecule has 0 spiro atoms. The van der Waals surface area contributed by atoms with Crippen LogP contribution in [0, 0.1) is 11.6 Å². The van der Waals surface area contributed by atoms with Crippen molar-refractivity contribution in [3.8, 4) is 11.5 Å². The normalized spacial score (nSPS) is 10.9. The second-order valence-electron chi connectivity index (χ2n) is 4.07. The number of nitrogen functional groups attached to an aromatic ring is 1. The van der Waals surface area contributed by atoms with E-state index in [1.807, 2.05) is 0 Å². The van der Waals surface area contributed by atoms with E-state index < -0.39 is 23.1 Å². The molecule has 0 bridgehead atoms. The SMILES string of the molecule is COc1ccc(N)c(C=Nc2c(F)cc(OF)cc2F)c1. The molecule has 0 saturated carbocycles. The molecule has 2 rings (SSSR count). The van der Waals surface area contributed by atoms with Crippen LogP contribution in [0.4, 0.5) is 24.7 Å². The van der Waals surface area contributed by atoms with Gasteiger partial charge in [-0.05, 0) is 18.2 Å². The standard InChI is InChI=1S/C14H11F3N2O2/c1-20-9-2-3-13(18)8(4-9)7-19-14-11(15)5-10(21-17)6-12(14)16/h2-7H,18H2,1H3. The monoisotopic (exact) mass is 296 g/mol. The molecule has 7 heteroatoms. The van der Waals surface area contributed by atoms with Crippen molar-refractivity contribution in [2.75, 3.05) is 12.8 Å². The van der Waals surface area contributed by atoms with E-state index in [1.165, 1.54) is 13.3 Å². The van der Waals surface area contributed by atoms with E-state index in [-0.39, 0.29) is 0 Å². The van der Waals surface area contributed by atoms with Gasteiger partial charge in [0.05, 0.1) is 7.11 Å². The maximum atomic E-state index is 13.6. The summed E-state index contributed by atoms with van der Waals surface area (Å²) in [5.74, 6) is -2.17. The Bertz CT molecular complexity index is 667. The van der Waals surface area contributed by atoms with Crippen LogP contribution in [-0.2, 0) is 0 Å². The van der Waals surface area contributed by atoms with Crippen LogP contribution in [0.2, 0.25) is 0 Å². The third kappa shape index (κ3) is 3.25. The number of ether oxygens (including phenoxy) is 1. The lowest BCUT2D eigenvalue weighted by Crippen LogP contribution is -1.95. The molecule has 2 aromatic rings. The van der Waals surface area contributed by atoms with Crippen molar-refractivity contribution in [1.29, 1.82) is 0 Å². The molecule has 4 nitrogen and oxygen atoms in total. The highest BCUT2D eigenvalue weighted by molar-refractivity contribution is 5.89. The smallest absolute Gasteiger partial charge is 0.177 e. The number of hydrogen-bond acceptors (Lipinski definition) is 4. The Hall–Kier alpha value is -2.70. The van der Waals surface area contributed by atoms with Crippen molar-refractivity contribution in [3.05, 3.63) is 47.5 Å². The Morgan fingerprint density at radius 3 is 2.33 bits per heavy atom. The minimum absolute atomic E-state index is 0.365. The molecule has 0 unspecified atom stereocenters. The molecule has 0 aliphatic heterocycles. The lowest BCUT2D eigenvalue weighted by Gasteiger charge is -2.04. The van der Waals surface area contributed by atoms with E-state index >= 15 is 0 Å². The Morgan fingerprint density at radius 1 is 1.10 bits per heavy atom. The molecule has 110 valence electrons. The number of anilines is 1. The van der Waals surface area contributed by atoms with Gasteiger partial charge >= 0.3 is 0 Å². The molecule has 0 aliphatic carbocycles. The lowest BCUT2D eigenvalue weighted by atomic mass is 10.2. The number of nitrogens with zero attached hydrogens (tertiary/aromatic N) is 1. The summed E-state index contributed by atoms with van der Waals surface area (Å²) >= 11 is 0. The minimum atomic E-state index is -1.06. The fraction of sp³-hybridized carbons (Fsp3) is 0.0714. The van der Waals surface area contributed by atoms with Crippen LogP contribution in [0.15, 0.2) is 35.3 Å². The molecule has 0 heterocycles. The maximum Gasteiger partial charge on any atom is 0.177 e. The zero-order chi connectivity index (χ0) is 15.4. The first kappa shape index (κ1) is 14.7. The number of benzene rings is 2. The molecule has 21 heavy (non-hydrogen) atoms. The largest absolute Gasteiger partial charge is 0.497 e. The average Bonchev–Trinajstić information content (AvgIpc) is 2.47. The molecular weight excluding hydrogens is 285 g/mol. The summed E-state index contributed by atoms with van der Waals surface area (Å²) < 4.78 is 44.1. The van der Waals surface area contributed by atoms with Gasteiger partial charge in [0.25, 0.3) is 0 Å². The molecule has 0 fully saturated rings. The molecule has 0 aromatic heterocycles. The van der Waals surface area contributed by atoms with Crippen molar-refractivity contribution in [2.45, 2.75) is 0 Å². The molecule has 0 aliphatic rings. The minimum Gasteiger partial charge on any atom is -0.497 e. The highest BCUT2D eigenvalue weighted by atomic mass is 19.3. The van der Waals surface area contributed by atoms with Crippen molar-refractivity contribution < 1.29 is 23.0 Å². The fourth-order valence-electron chi connectivity index (χ4n) is 1.64. The third-order valence-corrected chi connectivity index (χ3v) is 2.71. The second-order valence-corrected chi connectivity index (χ2v) is 4.07. The summed E-state index contributed by atoms with van der Waals surface area (Å²) in [6.45, 7) is 0.